The van der Waals surface area contributed by atoms with E-state index in [4.69, 9.17) is 9.84 Å². The first kappa shape index (κ1) is 15.9. The molecule has 0 unspecified atom stereocenters. The molecule has 1 aromatic rings. The highest BCUT2D eigenvalue weighted by Gasteiger charge is 2.07. The van der Waals surface area contributed by atoms with Gasteiger partial charge in [-0.15, -0.1) is 6.58 Å². The maximum absolute atomic E-state index is 11.8. The van der Waals surface area contributed by atoms with Gasteiger partial charge in [0, 0.05) is 6.54 Å². The Morgan fingerprint density at radius 2 is 2.37 bits per heavy atom. The van der Waals surface area contributed by atoms with Crippen LogP contribution in [0.15, 0.2) is 28.1 Å². The molecule has 0 aliphatic heterocycles. The quantitative estimate of drug-likeness (QED) is 0.521. The molecule has 0 bridgehead atoms. The second-order valence-corrected chi connectivity index (χ2v) is 4.53. The zero-order valence-corrected chi connectivity index (χ0v) is 12.2. The summed E-state index contributed by atoms with van der Waals surface area (Å²) in [7, 11) is 0. The molecule has 2 N–H and O–H groups in total. The number of ether oxygens (including phenoxy) is 1. The number of aromatic nitrogens is 2. The van der Waals surface area contributed by atoms with Gasteiger partial charge in [-0.05, 0) is 22.4 Å². The molecule has 0 saturated heterocycles. The van der Waals surface area contributed by atoms with Crippen LogP contribution in [0.1, 0.15) is 6.42 Å². The van der Waals surface area contributed by atoms with E-state index in [9.17, 15) is 4.79 Å². The SMILES string of the molecule is C=CCCOCCNc1cnn(CCO)c(=O)c1Br. The van der Waals surface area contributed by atoms with E-state index < -0.39 is 0 Å². The van der Waals surface area contributed by atoms with Crippen LogP contribution in [0.2, 0.25) is 0 Å². The molecule has 0 spiro atoms. The molecule has 0 aromatic carbocycles. The zero-order chi connectivity index (χ0) is 14.1. The average molecular weight is 332 g/mol. The van der Waals surface area contributed by atoms with Crippen LogP contribution in [-0.4, -0.2) is 41.3 Å². The molecule has 0 aliphatic carbocycles. The molecule has 1 aromatic heterocycles. The fourth-order valence-corrected chi connectivity index (χ4v) is 1.82. The molecule has 106 valence electrons. The van der Waals surface area contributed by atoms with Crippen molar-refractivity contribution in [1.82, 2.24) is 9.78 Å². The minimum Gasteiger partial charge on any atom is -0.394 e. The molecule has 0 saturated carbocycles. The Kier molecular flexibility index (Phi) is 7.39. The summed E-state index contributed by atoms with van der Waals surface area (Å²) in [6.45, 7) is 5.43. The van der Waals surface area contributed by atoms with Gasteiger partial charge in [0.2, 0.25) is 0 Å². The van der Waals surface area contributed by atoms with Crippen LogP contribution in [0.4, 0.5) is 5.69 Å². The highest BCUT2D eigenvalue weighted by Crippen LogP contribution is 2.15. The van der Waals surface area contributed by atoms with Crippen LogP contribution in [0.3, 0.4) is 0 Å². The van der Waals surface area contributed by atoms with Crippen molar-refractivity contribution in [3.05, 3.63) is 33.7 Å². The Morgan fingerprint density at radius 3 is 3.05 bits per heavy atom. The molecule has 1 rings (SSSR count). The smallest absolute Gasteiger partial charge is 0.283 e. The summed E-state index contributed by atoms with van der Waals surface area (Å²) in [5.74, 6) is 0. The Balaban J connectivity index is 2.48. The van der Waals surface area contributed by atoms with Gasteiger partial charge in [-0.1, -0.05) is 6.08 Å². The third-order valence-electron chi connectivity index (χ3n) is 2.32. The van der Waals surface area contributed by atoms with Crippen LogP contribution in [0.25, 0.3) is 0 Å². The third-order valence-corrected chi connectivity index (χ3v) is 3.09. The number of nitrogens with one attached hydrogen (secondary N) is 1. The predicted octanol–water partition coefficient (Wildman–Crippen LogP) is 1.00. The van der Waals surface area contributed by atoms with Crippen molar-refractivity contribution < 1.29 is 9.84 Å². The summed E-state index contributed by atoms with van der Waals surface area (Å²) in [6, 6.07) is 0. The first-order valence-electron chi connectivity index (χ1n) is 5.99. The van der Waals surface area contributed by atoms with Gasteiger partial charge in [0.1, 0.15) is 4.47 Å². The summed E-state index contributed by atoms with van der Waals surface area (Å²) in [4.78, 5) is 11.8. The maximum atomic E-state index is 11.8. The Hall–Kier alpha value is -1.18. The third kappa shape index (κ3) is 5.14. The van der Waals surface area contributed by atoms with Crippen molar-refractivity contribution in [2.24, 2.45) is 0 Å². The predicted molar refractivity (Wildman–Crippen MR) is 77.4 cm³/mol. The van der Waals surface area contributed by atoms with E-state index in [-0.39, 0.29) is 18.7 Å². The minimum atomic E-state index is -0.272. The average Bonchev–Trinajstić information content (AvgIpc) is 2.41. The summed E-state index contributed by atoms with van der Waals surface area (Å²) in [6.07, 6.45) is 4.17. The maximum Gasteiger partial charge on any atom is 0.283 e. The van der Waals surface area contributed by atoms with Crippen LogP contribution < -0.4 is 10.9 Å². The number of nitrogens with zero attached hydrogens (tertiary/aromatic N) is 2. The first-order valence-corrected chi connectivity index (χ1v) is 6.79. The van der Waals surface area contributed by atoms with Gasteiger partial charge in [-0.2, -0.15) is 5.10 Å². The molecule has 0 atom stereocenters. The topological polar surface area (TPSA) is 76.4 Å². The van der Waals surface area contributed by atoms with E-state index in [0.29, 0.717) is 29.9 Å². The number of rotatable bonds is 9. The molecule has 0 fully saturated rings. The molecule has 19 heavy (non-hydrogen) atoms. The molecule has 0 aliphatic rings. The highest BCUT2D eigenvalue weighted by molar-refractivity contribution is 9.10. The van der Waals surface area contributed by atoms with E-state index in [1.54, 1.807) is 12.3 Å². The van der Waals surface area contributed by atoms with Crippen LogP contribution in [0, 0.1) is 0 Å². The number of aliphatic hydroxyl groups excluding tert-OH is 1. The molecular formula is C12H18BrN3O3. The number of halogens is 1. The van der Waals surface area contributed by atoms with Crippen LogP contribution >= 0.6 is 15.9 Å². The lowest BCUT2D eigenvalue weighted by atomic mass is 10.4. The lowest BCUT2D eigenvalue weighted by Gasteiger charge is -2.10. The van der Waals surface area contributed by atoms with Gasteiger partial charge in [0.05, 0.1) is 38.2 Å². The van der Waals surface area contributed by atoms with Crippen molar-refractivity contribution in [1.29, 1.82) is 0 Å². The van der Waals surface area contributed by atoms with Gasteiger partial charge in [-0.25, -0.2) is 4.68 Å². The van der Waals surface area contributed by atoms with Gasteiger partial charge in [0.25, 0.3) is 5.56 Å². The van der Waals surface area contributed by atoms with Gasteiger partial charge >= 0.3 is 0 Å². The molecule has 0 radical (unpaired) electrons. The second kappa shape index (κ2) is 8.84. The Bertz CT molecular complexity index is 462. The van der Waals surface area contributed by atoms with Gasteiger partial charge < -0.3 is 15.2 Å². The Labute approximate surface area is 120 Å². The molecule has 6 nitrogen and oxygen atoms in total. The standard InChI is InChI=1S/C12H18BrN3O3/c1-2-3-7-19-8-4-14-10-9-15-16(5-6-17)12(18)11(10)13/h2,9,14,17H,1,3-8H2. The van der Waals surface area contributed by atoms with E-state index in [2.05, 4.69) is 32.9 Å². The van der Waals surface area contributed by atoms with Crippen molar-refractivity contribution in [3.8, 4) is 0 Å². The van der Waals surface area contributed by atoms with E-state index in [0.717, 1.165) is 6.42 Å². The monoisotopic (exact) mass is 331 g/mol. The summed E-state index contributed by atoms with van der Waals surface area (Å²) in [5.41, 5.74) is 0.345. The van der Waals surface area contributed by atoms with Crippen molar-refractivity contribution in [2.45, 2.75) is 13.0 Å². The molecule has 1 heterocycles. The van der Waals surface area contributed by atoms with E-state index in [1.807, 2.05) is 0 Å². The molecule has 0 amide bonds. The first-order chi connectivity index (χ1) is 9.20. The van der Waals surface area contributed by atoms with E-state index in [1.165, 1.54) is 4.68 Å². The lowest BCUT2D eigenvalue weighted by Crippen LogP contribution is -2.26. The second-order valence-electron chi connectivity index (χ2n) is 3.74. The normalized spacial score (nSPS) is 10.4. The Morgan fingerprint density at radius 1 is 1.58 bits per heavy atom. The van der Waals surface area contributed by atoms with Crippen LogP contribution in [0.5, 0.6) is 0 Å². The number of anilines is 1. The lowest BCUT2D eigenvalue weighted by molar-refractivity contribution is 0.149. The fourth-order valence-electron chi connectivity index (χ4n) is 1.37. The zero-order valence-electron chi connectivity index (χ0n) is 10.6. The molecular weight excluding hydrogens is 314 g/mol. The summed E-state index contributed by atoms with van der Waals surface area (Å²) >= 11 is 3.22. The highest BCUT2D eigenvalue weighted by atomic mass is 79.9. The number of hydrogen-bond acceptors (Lipinski definition) is 5. The van der Waals surface area contributed by atoms with Gasteiger partial charge in [-0.3, -0.25) is 4.79 Å². The van der Waals surface area contributed by atoms with E-state index >= 15 is 0 Å². The largest absolute Gasteiger partial charge is 0.394 e. The van der Waals surface area contributed by atoms with Gasteiger partial charge in [0.15, 0.2) is 0 Å². The number of aliphatic hydroxyl groups is 1. The van der Waals surface area contributed by atoms with Crippen molar-refractivity contribution in [2.75, 3.05) is 31.7 Å². The van der Waals surface area contributed by atoms with Crippen LogP contribution in [-0.2, 0) is 11.3 Å². The fraction of sp³-hybridized carbons (Fsp3) is 0.500. The molecule has 7 heteroatoms. The summed E-state index contributed by atoms with van der Waals surface area (Å²) < 4.78 is 6.95. The minimum absolute atomic E-state index is 0.122. The summed E-state index contributed by atoms with van der Waals surface area (Å²) in [5, 5.41) is 15.8. The van der Waals surface area contributed by atoms with Crippen molar-refractivity contribution in [3.63, 3.8) is 0 Å². The van der Waals surface area contributed by atoms with Crippen molar-refractivity contribution >= 4 is 21.6 Å². The number of hydrogen-bond donors (Lipinski definition) is 2.